The molecule has 2 aromatic rings. The Morgan fingerprint density at radius 3 is 2.44 bits per heavy atom. The molecule has 1 amide bonds. The third-order valence-electron chi connectivity index (χ3n) is 3.41. The zero-order valence-electron chi connectivity index (χ0n) is 14.2. The fourth-order valence-corrected chi connectivity index (χ4v) is 3.07. The summed E-state index contributed by atoms with van der Waals surface area (Å²) in [5, 5.41) is 2.72. The summed E-state index contributed by atoms with van der Waals surface area (Å²) in [5.41, 5.74) is 0.801. The lowest BCUT2D eigenvalue weighted by Gasteiger charge is -2.14. The number of nitrogens with one attached hydrogen (secondary N) is 1. The van der Waals surface area contributed by atoms with Crippen molar-refractivity contribution in [1.82, 2.24) is 4.47 Å². The average Bonchev–Trinajstić information content (AvgIpc) is 2.63. The molecule has 7 nitrogen and oxygen atoms in total. The fourth-order valence-electron chi connectivity index (χ4n) is 2.05. The predicted octanol–water partition coefficient (Wildman–Crippen LogP) is 2.52. The number of carbonyl (C=O) groups excluding carboxylic acids is 1. The highest BCUT2D eigenvalue weighted by Crippen LogP contribution is 2.19. The lowest BCUT2D eigenvalue weighted by atomic mass is 10.2. The Labute approximate surface area is 147 Å². The maximum Gasteiger partial charge on any atom is 0.264 e. The van der Waals surface area contributed by atoms with E-state index in [9.17, 15) is 13.2 Å². The molecule has 0 fully saturated rings. The SMILES string of the molecule is CCOc1ccc(NC(=O)c2cccc(S(=O)(=O)N(C)OC)c2)cc1. The van der Waals surface area contributed by atoms with E-state index in [1.54, 1.807) is 24.3 Å². The second-order valence-electron chi connectivity index (χ2n) is 5.04. The van der Waals surface area contributed by atoms with Crippen molar-refractivity contribution < 1.29 is 22.8 Å². The van der Waals surface area contributed by atoms with Crippen LogP contribution in [0.5, 0.6) is 5.75 Å². The number of rotatable bonds is 7. The predicted molar refractivity (Wildman–Crippen MR) is 94.0 cm³/mol. The molecule has 0 saturated carbocycles. The number of carbonyl (C=O) groups is 1. The highest BCUT2D eigenvalue weighted by molar-refractivity contribution is 7.89. The molecule has 0 unspecified atom stereocenters. The van der Waals surface area contributed by atoms with Gasteiger partial charge in [-0.25, -0.2) is 8.42 Å². The largest absolute Gasteiger partial charge is 0.494 e. The van der Waals surface area contributed by atoms with Gasteiger partial charge in [-0.05, 0) is 49.4 Å². The van der Waals surface area contributed by atoms with E-state index in [2.05, 4.69) is 5.32 Å². The third kappa shape index (κ3) is 4.56. The van der Waals surface area contributed by atoms with E-state index in [0.29, 0.717) is 18.0 Å². The molecule has 0 atom stereocenters. The first-order valence-corrected chi connectivity index (χ1v) is 8.99. The van der Waals surface area contributed by atoms with Crippen LogP contribution in [0.15, 0.2) is 53.4 Å². The molecular formula is C17H20N2O5S. The van der Waals surface area contributed by atoms with Crippen molar-refractivity contribution in [2.45, 2.75) is 11.8 Å². The Morgan fingerprint density at radius 2 is 1.84 bits per heavy atom. The Hall–Kier alpha value is -2.42. The van der Waals surface area contributed by atoms with E-state index < -0.39 is 15.9 Å². The molecule has 2 rings (SSSR count). The maximum atomic E-state index is 12.4. The van der Waals surface area contributed by atoms with Crippen LogP contribution in [0.3, 0.4) is 0 Å². The smallest absolute Gasteiger partial charge is 0.264 e. The number of benzene rings is 2. The van der Waals surface area contributed by atoms with Gasteiger partial charge in [0.25, 0.3) is 15.9 Å². The van der Waals surface area contributed by atoms with E-state index in [0.717, 1.165) is 4.47 Å². The van der Waals surface area contributed by atoms with Gasteiger partial charge in [0.15, 0.2) is 0 Å². The molecule has 1 N–H and O–H groups in total. The van der Waals surface area contributed by atoms with Crippen molar-refractivity contribution in [2.75, 3.05) is 26.1 Å². The summed E-state index contributed by atoms with van der Waals surface area (Å²) in [7, 11) is -1.29. The van der Waals surface area contributed by atoms with Gasteiger partial charge < -0.3 is 10.1 Å². The number of amides is 1. The summed E-state index contributed by atoms with van der Waals surface area (Å²) < 4.78 is 30.6. The first-order chi connectivity index (χ1) is 11.9. The molecule has 0 aliphatic rings. The van der Waals surface area contributed by atoms with E-state index in [4.69, 9.17) is 9.57 Å². The van der Waals surface area contributed by atoms with Crippen LogP contribution >= 0.6 is 0 Å². The molecule has 0 aliphatic heterocycles. The summed E-state index contributed by atoms with van der Waals surface area (Å²) in [6.07, 6.45) is 0. The molecule has 8 heteroatoms. The van der Waals surface area contributed by atoms with Crippen LogP contribution in [0.25, 0.3) is 0 Å². The number of sulfonamides is 1. The van der Waals surface area contributed by atoms with Crippen LogP contribution < -0.4 is 10.1 Å². The Kier molecular flexibility index (Phi) is 6.13. The third-order valence-corrected chi connectivity index (χ3v) is 5.09. The van der Waals surface area contributed by atoms with Crippen LogP contribution in [-0.2, 0) is 14.9 Å². The number of ether oxygens (including phenoxy) is 1. The zero-order valence-corrected chi connectivity index (χ0v) is 15.0. The zero-order chi connectivity index (χ0) is 18.4. The van der Waals surface area contributed by atoms with Gasteiger partial charge in [0.2, 0.25) is 0 Å². The normalized spacial score (nSPS) is 11.4. The average molecular weight is 364 g/mol. The minimum atomic E-state index is -3.82. The number of hydrogen-bond donors (Lipinski definition) is 1. The van der Waals surface area contributed by atoms with Crippen molar-refractivity contribution in [3.8, 4) is 5.75 Å². The highest BCUT2D eigenvalue weighted by Gasteiger charge is 2.21. The summed E-state index contributed by atoms with van der Waals surface area (Å²) in [6.45, 7) is 2.45. The number of hydrogen-bond acceptors (Lipinski definition) is 5. The monoisotopic (exact) mass is 364 g/mol. The lowest BCUT2D eigenvalue weighted by Crippen LogP contribution is -2.26. The van der Waals surface area contributed by atoms with Gasteiger partial charge in [0, 0.05) is 18.3 Å². The van der Waals surface area contributed by atoms with Gasteiger partial charge in [0.1, 0.15) is 5.75 Å². The van der Waals surface area contributed by atoms with Gasteiger partial charge in [-0.1, -0.05) is 10.5 Å². The van der Waals surface area contributed by atoms with E-state index in [1.807, 2.05) is 6.92 Å². The molecule has 2 aromatic carbocycles. The van der Waals surface area contributed by atoms with Crippen LogP contribution in [0.1, 0.15) is 17.3 Å². The summed E-state index contributed by atoms with van der Waals surface area (Å²) >= 11 is 0. The Balaban J connectivity index is 2.18. The molecule has 0 saturated heterocycles. The topological polar surface area (TPSA) is 84.9 Å². The second-order valence-corrected chi connectivity index (χ2v) is 6.97. The molecule has 0 radical (unpaired) electrons. The van der Waals surface area contributed by atoms with Crippen molar-refractivity contribution >= 4 is 21.6 Å². The van der Waals surface area contributed by atoms with Gasteiger partial charge in [-0.2, -0.15) is 0 Å². The molecular weight excluding hydrogens is 344 g/mol. The van der Waals surface area contributed by atoms with Crippen LogP contribution in [0.4, 0.5) is 5.69 Å². The molecule has 25 heavy (non-hydrogen) atoms. The Bertz CT molecular complexity index is 834. The molecule has 0 spiro atoms. The number of nitrogens with zero attached hydrogens (tertiary/aromatic N) is 1. The molecule has 0 heterocycles. The highest BCUT2D eigenvalue weighted by atomic mass is 32.2. The molecule has 0 aliphatic carbocycles. The number of hydroxylamine groups is 1. The minimum Gasteiger partial charge on any atom is -0.494 e. The standard InChI is InChI=1S/C17H20N2O5S/c1-4-24-15-10-8-14(9-11-15)18-17(20)13-6-5-7-16(12-13)25(21,22)19(2)23-3/h5-12H,4H2,1-3H3,(H,18,20). The van der Waals surface area contributed by atoms with Crippen LogP contribution in [-0.4, -0.2) is 39.6 Å². The van der Waals surface area contributed by atoms with E-state index in [1.165, 1.54) is 38.4 Å². The van der Waals surface area contributed by atoms with E-state index >= 15 is 0 Å². The van der Waals surface area contributed by atoms with Crippen LogP contribution in [0, 0.1) is 0 Å². The van der Waals surface area contributed by atoms with E-state index in [-0.39, 0.29) is 10.5 Å². The minimum absolute atomic E-state index is 0.0313. The second kappa shape index (κ2) is 8.11. The number of anilines is 1. The van der Waals surface area contributed by atoms with Gasteiger partial charge in [-0.15, -0.1) is 0 Å². The molecule has 134 valence electrons. The van der Waals surface area contributed by atoms with Crippen molar-refractivity contribution in [2.24, 2.45) is 0 Å². The molecule has 0 aromatic heterocycles. The van der Waals surface area contributed by atoms with Gasteiger partial charge in [0.05, 0.1) is 18.6 Å². The quantitative estimate of drug-likeness (QED) is 0.763. The van der Waals surface area contributed by atoms with Crippen molar-refractivity contribution in [3.63, 3.8) is 0 Å². The maximum absolute atomic E-state index is 12.4. The first kappa shape index (κ1) is 18.9. The van der Waals surface area contributed by atoms with Gasteiger partial charge >= 0.3 is 0 Å². The van der Waals surface area contributed by atoms with Crippen LogP contribution in [0.2, 0.25) is 0 Å². The Morgan fingerprint density at radius 1 is 1.16 bits per heavy atom. The van der Waals surface area contributed by atoms with Gasteiger partial charge in [-0.3, -0.25) is 9.63 Å². The first-order valence-electron chi connectivity index (χ1n) is 7.55. The lowest BCUT2D eigenvalue weighted by molar-refractivity contribution is -0.0258. The van der Waals surface area contributed by atoms with Crippen molar-refractivity contribution in [1.29, 1.82) is 0 Å². The summed E-state index contributed by atoms with van der Waals surface area (Å²) in [4.78, 5) is 17.1. The summed E-state index contributed by atoms with van der Waals surface area (Å²) in [5.74, 6) is 0.289. The molecule has 0 bridgehead atoms. The fraction of sp³-hybridized carbons (Fsp3) is 0.235. The summed E-state index contributed by atoms with van der Waals surface area (Å²) in [6, 6.07) is 12.7. The van der Waals surface area contributed by atoms with Crippen molar-refractivity contribution in [3.05, 3.63) is 54.1 Å².